The fourth-order valence-corrected chi connectivity index (χ4v) is 4.13. The summed E-state index contributed by atoms with van der Waals surface area (Å²) in [5, 5.41) is 0. The Labute approximate surface area is 107 Å². The van der Waals surface area contributed by atoms with Crippen molar-refractivity contribution >= 4 is 0 Å². The van der Waals surface area contributed by atoms with E-state index >= 15 is 0 Å². The van der Waals surface area contributed by atoms with Crippen LogP contribution in [-0.4, -0.2) is 30.1 Å². The first kappa shape index (κ1) is 13.4. The molecule has 1 saturated heterocycles. The Kier molecular flexibility index (Phi) is 4.14. The van der Waals surface area contributed by atoms with Crippen molar-refractivity contribution < 1.29 is 0 Å². The Balaban J connectivity index is 2.13. The number of hydrogen-bond donors (Lipinski definition) is 1. The van der Waals surface area contributed by atoms with Crippen LogP contribution in [0.4, 0.5) is 0 Å². The fraction of sp³-hybridized carbons (Fsp3) is 1.00. The van der Waals surface area contributed by atoms with Crippen LogP contribution in [0.25, 0.3) is 0 Å². The molecule has 2 rings (SSSR count). The van der Waals surface area contributed by atoms with Crippen LogP contribution in [0.5, 0.6) is 0 Å². The van der Waals surface area contributed by atoms with Gasteiger partial charge < -0.3 is 5.73 Å². The Morgan fingerprint density at radius 2 is 1.94 bits per heavy atom. The standard InChI is InChI=1S/C15H30N2/c1-12-7-6-10-17(13(12)11-16)14-8-4-5-9-15(14,2)3/h12-14H,4-11,16H2,1-3H3. The van der Waals surface area contributed by atoms with E-state index < -0.39 is 0 Å². The third-order valence-electron chi connectivity index (χ3n) is 5.25. The van der Waals surface area contributed by atoms with Gasteiger partial charge in [0.05, 0.1) is 0 Å². The van der Waals surface area contributed by atoms with E-state index in [0.717, 1.165) is 18.5 Å². The van der Waals surface area contributed by atoms with Crippen LogP contribution >= 0.6 is 0 Å². The van der Waals surface area contributed by atoms with Crippen molar-refractivity contribution in [3.8, 4) is 0 Å². The predicted octanol–water partition coefficient (Wildman–Crippen LogP) is 3.01. The number of hydrogen-bond acceptors (Lipinski definition) is 2. The van der Waals surface area contributed by atoms with Crippen molar-refractivity contribution in [2.24, 2.45) is 17.1 Å². The molecule has 0 aromatic heterocycles. The lowest BCUT2D eigenvalue weighted by Gasteiger charge is -2.51. The molecule has 2 N–H and O–H groups in total. The smallest absolute Gasteiger partial charge is 0.0247 e. The van der Waals surface area contributed by atoms with Crippen molar-refractivity contribution in [2.45, 2.75) is 71.4 Å². The zero-order chi connectivity index (χ0) is 12.5. The van der Waals surface area contributed by atoms with Gasteiger partial charge in [0.1, 0.15) is 0 Å². The van der Waals surface area contributed by atoms with Crippen molar-refractivity contribution in [2.75, 3.05) is 13.1 Å². The lowest BCUT2D eigenvalue weighted by atomic mass is 9.71. The summed E-state index contributed by atoms with van der Waals surface area (Å²) in [6.45, 7) is 9.43. The summed E-state index contributed by atoms with van der Waals surface area (Å²) in [6, 6.07) is 1.40. The second-order valence-electron chi connectivity index (χ2n) is 6.91. The second-order valence-corrected chi connectivity index (χ2v) is 6.91. The average Bonchev–Trinajstić information content (AvgIpc) is 2.28. The number of piperidine rings is 1. The zero-order valence-electron chi connectivity index (χ0n) is 11.9. The summed E-state index contributed by atoms with van der Waals surface area (Å²) in [5.74, 6) is 0.784. The largest absolute Gasteiger partial charge is 0.329 e. The molecule has 0 aromatic rings. The van der Waals surface area contributed by atoms with E-state index in [1.807, 2.05) is 0 Å². The minimum Gasteiger partial charge on any atom is -0.329 e. The quantitative estimate of drug-likeness (QED) is 0.801. The minimum absolute atomic E-state index is 0.489. The molecule has 3 atom stereocenters. The Morgan fingerprint density at radius 3 is 2.59 bits per heavy atom. The Morgan fingerprint density at radius 1 is 1.18 bits per heavy atom. The summed E-state index contributed by atoms with van der Waals surface area (Å²) in [4.78, 5) is 2.77. The van der Waals surface area contributed by atoms with Gasteiger partial charge in [0.2, 0.25) is 0 Å². The van der Waals surface area contributed by atoms with Crippen LogP contribution < -0.4 is 5.73 Å². The van der Waals surface area contributed by atoms with Crippen LogP contribution in [0.2, 0.25) is 0 Å². The predicted molar refractivity (Wildman–Crippen MR) is 74.0 cm³/mol. The van der Waals surface area contributed by atoms with Gasteiger partial charge in [-0.25, -0.2) is 0 Å². The van der Waals surface area contributed by atoms with E-state index in [9.17, 15) is 0 Å². The molecule has 2 aliphatic rings. The van der Waals surface area contributed by atoms with Gasteiger partial charge in [-0.15, -0.1) is 0 Å². The fourth-order valence-electron chi connectivity index (χ4n) is 4.13. The third-order valence-corrected chi connectivity index (χ3v) is 5.25. The minimum atomic E-state index is 0.489. The van der Waals surface area contributed by atoms with E-state index in [-0.39, 0.29) is 0 Å². The second kappa shape index (κ2) is 5.27. The monoisotopic (exact) mass is 238 g/mol. The van der Waals surface area contributed by atoms with Crippen molar-refractivity contribution in [3.05, 3.63) is 0 Å². The first-order valence-electron chi connectivity index (χ1n) is 7.52. The van der Waals surface area contributed by atoms with Crippen molar-refractivity contribution in [3.63, 3.8) is 0 Å². The highest BCUT2D eigenvalue weighted by molar-refractivity contribution is 4.95. The normalized spacial score (nSPS) is 39.2. The summed E-state index contributed by atoms with van der Waals surface area (Å²) in [7, 11) is 0. The molecular weight excluding hydrogens is 208 g/mol. The number of likely N-dealkylation sites (tertiary alicyclic amines) is 1. The topological polar surface area (TPSA) is 29.3 Å². The maximum Gasteiger partial charge on any atom is 0.0247 e. The van der Waals surface area contributed by atoms with E-state index in [4.69, 9.17) is 5.73 Å². The molecule has 0 aromatic carbocycles. The summed E-state index contributed by atoms with van der Waals surface area (Å²) >= 11 is 0. The SMILES string of the molecule is CC1CCCN(C2CCCCC2(C)C)C1CN. The van der Waals surface area contributed by atoms with Gasteiger partial charge in [0, 0.05) is 18.6 Å². The molecule has 2 heteroatoms. The first-order valence-corrected chi connectivity index (χ1v) is 7.52. The van der Waals surface area contributed by atoms with Gasteiger partial charge in [-0.3, -0.25) is 4.90 Å². The molecule has 2 fully saturated rings. The third kappa shape index (κ3) is 2.68. The van der Waals surface area contributed by atoms with Gasteiger partial charge in [-0.1, -0.05) is 33.6 Å². The lowest BCUT2D eigenvalue weighted by molar-refractivity contribution is -0.0156. The van der Waals surface area contributed by atoms with Crippen molar-refractivity contribution in [1.29, 1.82) is 0 Å². The lowest BCUT2D eigenvalue weighted by Crippen LogP contribution is -2.57. The zero-order valence-corrected chi connectivity index (χ0v) is 11.9. The molecule has 1 heterocycles. The molecule has 2 nitrogen and oxygen atoms in total. The maximum absolute atomic E-state index is 6.04. The van der Waals surface area contributed by atoms with Gasteiger partial charge in [-0.2, -0.15) is 0 Å². The average molecular weight is 238 g/mol. The molecule has 0 amide bonds. The van der Waals surface area contributed by atoms with Gasteiger partial charge in [0.25, 0.3) is 0 Å². The van der Waals surface area contributed by atoms with E-state index in [1.54, 1.807) is 0 Å². The molecule has 1 aliphatic carbocycles. The first-order chi connectivity index (χ1) is 8.06. The van der Waals surface area contributed by atoms with Crippen LogP contribution in [0.15, 0.2) is 0 Å². The summed E-state index contributed by atoms with van der Waals surface area (Å²) < 4.78 is 0. The molecule has 0 radical (unpaired) electrons. The van der Waals surface area contributed by atoms with Crippen LogP contribution in [-0.2, 0) is 0 Å². The molecule has 3 unspecified atom stereocenters. The Bertz CT molecular complexity index is 249. The highest BCUT2D eigenvalue weighted by Crippen LogP contribution is 2.41. The van der Waals surface area contributed by atoms with E-state index in [1.165, 1.54) is 45.1 Å². The number of nitrogens with zero attached hydrogens (tertiary/aromatic N) is 1. The number of rotatable bonds is 2. The molecule has 1 saturated carbocycles. The molecule has 0 spiro atoms. The van der Waals surface area contributed by atoms with E-state index in [0.29, 0.717) is 11.5 Å². The van der Waals surface area contributed by atoms with Crippen LogP contribution in [0, 0.1) is 11.3 Å². The van der Waals surface area contributed by atoms with Crippen LogP contribution in [0.3, 0.4) is 0 Å². The van der Waals surface area contributed by atoms with Crippen molar-refractivity contribution in [1.82, 2.24) is 4.90 Å². The van der Waals surface area contributed by atoms with Crippen LogP contribution in [0.1, 0.15) is 59.3 Å². The summed E-state index contributed by atoms with van der Waals surface area (Å²) in [5.41, 5.74) is 6.53. The van der Waals surface area contributed by atoms with Gasteiger partial charge in [-0.05, 0) is 43.6 Å². The molecule has 17 heavy (non-hydrogen) atoms. The Hall–Kier alpha value is -0.0800. The van der Waals surface area contributed by atoms with Gasteiger partial charge in [0.15, 0.2) is 0 Å². The molecular formula is C15H30N2. The summed E-state index contributed by atoms with van der Waals surface area (Å²) in [6.07, 6.45) is 8.34. The number of nitrogens with two attached hydrogens (primary N) is 1. The molecule has 100 valence electrons. The highest BCUT2D eigenvalue weighted by Gasteiger charge is 2.40. The maximum atomic E-state index is 6.04. The highest BCUT2D eigenvalue weighted by atomic mass is 15.2. The molecule has 1 aliphatic heterocycles. The van der Waals surface area contributed by atoms with Gasteiger partial charge >= 0.3 is 0 Å². The molecule has 0 bridgehead atoms. The van der Waals surface area contributed by atoms with E-state index in [2.05, 4.69) is 25.7 Å².